The number of unbranched alkanes of at least 4 members (excludes halogenated alkanes) is 25. The number of ether oxygens (including phenoxy) is 3. The van der Waals surface area contributed by atoms with Gasteiger partial charge in [0.05, 0.1) is 0 Å². The van der Waals surface area contributed by atoms with E-state index in [1.54, 1.807) is 0 Å². The average molecular weight is 1050 g/mol. The summed E-state index contributed by atoms with van der Waals surface area (Å²) in [6.45, 7) is 6.48. The van der Waals surface area contributed by atoms with Crippen LogP contribution in [0.15, 0.2) is 122 Å². The molecule has 0 spiro atoms. The molecule has 0 heterocycles. The van der Waals surface area contributed by atoms with Gasteiger partial charge in [-0.15, -0.1) is 0 Å². The van der Waals surface area contributed by atoms with Gasteiger partial charge >= 0.3 is 17.9 Å². The average Bonchev–Trinajstić information content (AvgIpc) is 3.42. The second-order valence-electron chi connectivity index (χ2n) is 20.6. The molecule has 0 amide bonds. The molecule has 1 atom stereocenters. The Morgan fingerprint density at radius 3 is 0.868 bits per heavy atom. The van der Waals surface area contributed by atoms with Crippen molar-refractivity contribution in [1.29, 1.82) is 0 Å². The second kappa shape index (κ2) is 63.3. The fourth-order valence-electron chi connectivity index (χ4n) is 8.50. The maximum absolute atomic E-state index is 12.9. The number of esters is 3. The highest BCUT2D eigenvalue weighted by atomic mass is 16.6. The molecular formula is C70H116O6. The smallest absolute Gasteiger partial charge is 0.306 e. The van der Waals surface area contributed by atoms with Crippen LogP contribution < -0.4 is 0 Å². The molecule has 0 N–H and O–H groups in total. The minimum atomic E-state index is -0.806. The lowest BCUT2D eigenvalue weighted by Crippen LogP contribution is -2.30. The fourth-order valence-corrected chi connectivity index (χ4v) is 8.50. The molecule has 76 heavy (non-hydrogen) atoms. The van der Waals surface area contributed by atoms with Crippen molar-refractivity contribution in [3.63, 3.8) is 0 Å². The van der Waals surface area contributed by atoms with Crippen molar-refractivity contribution in [2.75, 3.05) is 13.2 Å². The molecule has 0 aliphatic rings. The number of hydrogen-bond donors (Lipinski definition) is 0. The summed E-state index contributed by atoms with van der Waals surface area (Å²) >= 11 is 0. The first-order valence-electron chi connectivity index (χ1n) is 31.5. The summed E-state index contributed by atoms with van der Waals surface area (Å²) in [6.07, 6.45) is 87.8. The zero-order valence-electron chi connectivity index (χ0n) is 49.5. The highest BCUT2D eigenvalue weighted by Crippen LogP contribution is 2.15. The van der Waals surface area contributed by atoms with Gasteiger partial charge in [-0.05, 0) is 109 Å². The summed E-state index contributed by atoms with van der Waals surface area (Å²) < 4.78 is 16.8. The molecule has 0 saturated carbocycles. The molecule has 0 rings (SSSR count). The Morgan fingerprint density at radius 2 is 0.526 bits per heavy atom. The SMILES string of the molecule is CC/C=C\C/C=C\C/C=C\C/C=C\C/C=C\C/C=C\C/C=C\C/C=C\C/C=C\CCCC(=O)OCC(COC(=O)CCCCCCC/C=C\CCCCCCC)OC(=O)CCCCCCCCCCCCCCCCC. The van der Waals surface area contributed by atoms with Gasteiger partial charge in [-0.1, -0.05) is 277 Å². The van der Waals surface area contributed by atoms with Crippen LogP contribution in [-0.2, 0) is 28.6 Å². The van der Waals surface area contributed by atoms with Crippen LogP contribution in [0.3, 0.4) is 0 Å². The molecule has 6 heteroatoms. The minimum absolute atomic E-state index is 0.100. The van der Waals surface area contributed by atoms with Crippen LogP contribution in [0.2, 0.25) is 0 Å². The van der Waals surface area contributed by atoms with Crippen LogP contribution in [-0.4, -0.2) is 37.2 Å². The summed E-state index contributed by atoms with van der Waals surface area (Å²) in [7, 11) is 0. The Hall–Kier alpha value is -4.19. The monoisotopic (exact) mass is 1050 g/mol. The van der Waals surface area contributed by atoms with Crippen molar-refractivity contribution >= 4 is 17.9 Å². The van der Waals surface area contributed by atoms with E-state index in [9.17, 15) is 14.4 Å². The molecule has 0 aliphatic carbocycles. The van der Waals surface area contributed by atoms with E-state index in [4.69, 9.17) is 14.2 Å². The summed E-state index contributed by atoms with van der Waals surface area (Å²) in [4.78, 5) is 38.2. The second-order valence-corrected chi connectivity index (χ2v) is 20.6. The van der Waals surface area contributed by atoms with Gasteiger partial charge in [0.1, 0.15) is 13.2 Å². The lowest BCUT2D eigenvalue weighted by Gasteiger charge is -2.18. The van der Waals surface area contributed by atoms with E-state index in [1.807, 2.05) is 0 Å². The van der Waals surface area contributed by atoms with Gasteiger partial charge in [-0.2, -0.15) is 0 Å². The fraction of sp³-hybridized carbons (Fsp3) is 0.671. The standard InChI is InChI=1S/C70H116O6/c1-4-7-10-13-16-19-22-25-28-29-30-31-32-33-34-35-36-37-38-39-40-41-43-45-48-51-54-57-60-63-69(72)75-66-67(65-74-68(71)62-59-56-53-50-47-44-27-24-21-18-15-12-9-6-3)76-70(73)64-61-58-55-52-49-46-42-26-23-20-17-14-11-8-5-2/h7,10,16,19,24-25,27-28,30-31,33-34,36-37,39-40,43,45,51,54,67H,4-6,8-9,11-15,17-18,20-23,26,29,32,35,38,41-42,44,46-50,52-53,55-66H2,1-3H3/b10-7-,19-16-,27-24-,28-25-,31-30-,34-33-,37-36-,40-39-,45-43-,54-51-. The highest BCUT2D eigenvalue weighted by Gasteiger charge is 2.19. The third-order valence-corrected chi connectivity index (χ3v) is 13.2. The third kappa shape index (κ3) is 60.7. The zero-order chi connectivity index (χ0) is 55.0. The number of rotatable bonds is 56. The van der Waals surface area contributed by atoms with Gasteiger partial charge < -0.3 is 14.2 Å². The molecule has 0 aliphatic heterocycles. The van der Waals surface area contributed by atoms with E-state index in [0.717, 1.165) is 116 Å². The molecule has 0 aromatic carbocycles. The summed E-state index contributed by atoms with van der Waals surface area (Å²) in [5, 5.41) is 0. The summed E-state index contributed by atoms with van der Waals surface area (Å²) in [5.74, 6) is -0.965. The summed E-state index contributed by atoms with van der Waals surface area (Å²) in [6, 6.07) is 0. The van der Waals surface area contributed by atoms with Crippen LogP contribution >= 0.6 is 0 Å². The van der Waals surface area contributed by atoms with Crippen molar-refractivity contribution in [3.05, 3.63) is 122 Å². The van der Waals surface area contributed by atoms with Gasteiger partial charge in [0.25, 0.3) is 0 Å². The van der Waals surface area contributed by atoms with Crippen molar-refractivity contribution in [2.24, 2.45) is 0 Å². The maximum atomic E-state index is 12.9. The molecule has 0 aromatic heterocycles. The number of carbonyl (C=O) groups is 3. The van der Waals surface area contributed by atoms with Gasteiger partial charge in [-0.25, -0.2) is 0 Å². The molecular weight excluding hydrogens is 937 g/mol. The van der Waals surface area contributed by atoms with Crippen LogP contribution in [0.1, 0.15) is 284 Å². The van der Waals surface area contributed by atoms with Crippen molar-refractivity contribution in [1.82, 2.24) is 0 Å². The van der Waals surface area contributed by atoms with E-state index >= 15 is 0 Å². The van der Waals surface area contributed by atoms with Crippen LogP contribution in [0.4, 0.5) is 0 Å². The third-order valence-electron chi connectivity index (χ3n) is 13.2. The number of carbonyl (C=O) groups excluding carboxylic acids is 3. The minimum Gasteiger partial charge on any atom is -0.462 e. The lowest BCUT2D eigenvalue weighted by molar-refractivity contribution is -0.167. The molecule has 0 fully saturated rings. The molecule has 1 unspecified atom stereocenters. The Balaban J connectivity index is 4.43. The quantitative estimate of drug-likeness (QED) is 0.0261. The van der Waals surface area contributed by atoms with Crippen LogP contribution in [0.25, 0.3) is 0 Å². The van der Waals surface area contributed by atoms with Crippen LogP contribution in [0.5, 0.6) is 0 Å². The maximum Gasteiger partial charge on any atom is 0.306 e. The molecule has 0 saturated heterocycles. The Bertz CT molecular complexity index is 1590. The van der Waals surface area contributed by atoms with E-state index in [2.05, 4.69) is 142 Å². The predicted molar refractivity (Wildman–Crippen MR) is 330 cm³/mol. The van der Waals surface area contributed by atoms with E-state index < -0.39 is 6.10 Å². The van der Waals surface area contributed by atoms with E-state index in [1.165, 1.54) is 122 Å². The van der Waals surface area contributed by atoms with E-state index in [0.29, 0.717) is 19.3 Å². The largest absolute Gasteiger partial charge is 0.462 e. The van der Waals surface area contributed by atoms with Gasteiger partial charge in [0, 0.05) is 19.3 Å². The van der Waals surface area contributed by atoms with Gasteiger partial charge in [0.2, 0.25) is 0 Å². The highest BCUT2D eigenvalue weighted by molar-refractivity contribution is 5.71. The molecule has 0 aromatic rings. The lowest BCUT2D eigenvalue weighted by atomic mass is 10.0. The van der Waals surface area contributed by atoms with E-state index in [-0.39, 0.29) is 37.5 Å². The zero-order valence-corrected chi connectivity index (χ0v) is 49.5. The van der Waals surface area contributed by atoms with Gasteiger partial charge in [0.15, 0.2) is 6.10 Å². The van der Waals surface area contributed by atoms with Crippen molar-refractivity contribution < 1.29 is 28.6 Å². The van der Waals surface area contributed by atoms with Crippen molar-refractivity contribution in [2.45, 2.75) is 290 Å². The molecule has 0 radical (unpaired) electrons. The first kappa shape index (κ1) is 71.8. The van der Waals surface area contributed by atoms with Crippen LogP contribution in [0, 0.1) is 0 Å². The Morgan fingerprint density at radius 1 is 0.276 bits per heavy atom. The first-order chi connectivity index (χ1) is 37.5. The Labute approximate surface area is 469 Å². The number of hydrogen-bond acceptors (Lipinski definition) is 6. The topological polar surface area (TPSA) is 78.9 Å². The predicted octanol–water partition coefficient (Wildman–Crippen LogP) is 21.6. The normalized spacial score (nSPS) is 12.9. The molecule has 6 nitrogen and oxygen atoms in total. The van der Waals surface area contributed by atoms with Crippen molar-refractivity contribution in [3.8, 4) is 0 Å². The van der Waals surface area contributed by atoms with Gasteiger partial charge in [-0.3, -0.25) is 14.4 Å². The number of allylic oxidation sites excluding steroid dienone is 20. The first-order valence-corrected chi connectivity index (χ1v) is 31.5. The molecule has 0 bridgehead atoms. The molecule has 432 valence electrons. The Kier molecular flexibility index (Phi) is 59.9. The summed E-state index contributed by atoms with van der Waals surface area (Å²) in [5.41, 5.74) is 0.